The van der Waals surface area contributed by atoms with Crippen LogP contribution in [0.2, 0.25) is 0 Å². The van der Waals surface area contributed by atoms with Gasteiger partial charge in [0.25, 0.3) is 0 Å². The van der Waals surface area contributed by atoms with Crippen LogP contribution in [-0.4, -0.2) is 35.0 Å². The molecule has 6 nitrogen and oxygen atoms in total. The Morgan fingerprint density at radius 1 is 1.33 bits per heavy atom. The highest BCUT2D eigenvalue weighted by atomic mass is 16.5. The molecule has 1 aromatic carbocycles. The van der Waals surface area contributed by atoms with Crippen LogP contribution in [0.1, 0.15) is 12.7 Å². The molecule has 6 heteroatoms. The highest BCUT2D eigenvalue weighted by molar-refractivity contribution is 5.54. The highest BCUT2D eigenvalue weighted by Gasteiger charge is 2.07. The Morgan fingerprint density at radius 3 is 2.90 bits per heavy atom. The van der Waals surface area contributed by atoms with Gasteiger partial charge in [-0.2, -0.15) is 0 Å². The molecule has 0 bridgehead atoms. The lowest BCUT2D eigenvalue weighted by Gasteiger charge is -2.13. The van der Waals surface area contributed by atoms with E-state index in [0.717, 1.165) is 18.1 Å². The number of imidazole rings is 1. The summed E-state index contributed by atoms with van der Waals surface area (Å²) in [4.78, 5) is 4.32. The molecule has 0 fully saturated rings. The van der Waals surface area contributed by atoms with Gasteiger partial charge in [0.15, 0.2) is 11.5 Å². The maximum absolute atomic E-state index is 8.85. The predicted molar refractivity (Wildman–Crippen MR) is 80.8 cm³/mol. The van der Waals surface area contributed by atoms with Crippen molar-refractivity contribution in [3.8, 4) is 11.5 Å². The molecule has 2 aromatic rings. The van der Waals surface area contributed by atoms with Gasteiger partial charge in [0.2, 0.25) is 0 Å². The van der Waals surface area contributed by atoms with Gasteiger partial charge in [-0.05, 0) is 19.1 Å². The number of nitrogens with one attached hydrogen (secondary N) is 1. The predicted octanol–water partition coefficient (Wildman–Crippen LogP) is 1.89. The first-order chi connectivity index (χ1) is 10.3. The number of aliphatic hydroxyl groups is 1. The van der Waals surface area contributed by atoms with Crippen molar-refractivity contribution in [1.29, 1.82) is 0 Å². The average molecular weight is 291 g/mol. The van der Waals surface area contributed by atoms with Crippen LogP contribution in [0.4, 0.5) is 5.69 Å². The van der Waals surface area contributed by atoms with Crippen molar-refractivity contribution >= 4 is 5.69 Å². The molecule has 0 aliphatic heterocycles. The van der Waals surface area contributed by atoms with Crippen LogP contribution >= 0.6 is 0 Å². The second-order valence-electron chi connectivity index (χ2n) is 4.42. The van der Waals surface area contributed by atoms with Crippen molar-refractivity contribution in [3.63, 3.8) is 0 Å². The average Bonchev–Trinajstić information content (AvgIpc) is 2.98. The van der Waals surface area contributed by atoms with Crippen molar-refractivity contribution < 1.29 is 14.6 Å². The zero-order chi connectivity index (χ0) is 15.1. The summed E-state index contributed by atoms with van der Waals surface area (Å²) in [5.74, 6) is 2.23. The minimum Gasteiger partial charge on any atom is -0.493 e. The molecule has 0 aliphatic carbocycles. The molecule has 0 unspecified atom stereocenters. The van der Waals surface area contributed by atoms with Crippen LogP contribution in [0.5, 0.6) is 11.5 Å². The fraction of sp³-hybridized carbons (Fsp3) is 0.400. The van der Waals surface area contributed by atoms with Crippen molar-refractivity contribution in [2.24, 2.45) is 0 Å². The van der Waals surface area contributed by atoms with Crippen LogP contribution in [-0.2, 0) is 13.1 Å². The summed E-state index contributed by atoms with van der Waals surface area (Å²) in [6, 6.07) is 5.61. The number of aromatic nitrogens is 2. The van der Waals surface area contributed by atoms with Gasteiger partial charge in [-0.3, -0.25) is 0 Å². The van der Waals surface area contributed by atoms with E-state index in [1.54, 1.807) is 13.3 Å². The first-order valence-corrected chi connectivity index (χ1v) is 6.94. The molecule has 0 radical (unpaired) electrons. The van der Waals surface area contributed by atoms with Crippen molar-refractivity contribution in [3.05, 3.63) is 36.4 Å². The summed E-state index contributed by atoms with van der Waals surface area (Å²) in [6.07, 6.45) is 3.76. The summed E-state index contributed by atoms with van der Waals surface area (Å²) in [5.41, 5.74) is 0.911. The van der Waals surface area contributed by atoms with Gasteiger partial charge >= 0.3 is 0 Å². The van der Waals surface area contributed by atoms with Crippen LogP contribution in [0, 0.1) is 0 Å². The lowest BCUT2D eigenvalue weighted by Crippen LogP contribution is -2.08. The lowest BCUT2D eigenvalue weighted by atomic mass is 10.2. The van der Waals surface area contributed by atoms with Crippen LogP contribution in [0.3, 0.4) is 0 Å². The number of aryl methyl sites for hydroxylation is 1. The van der Waals surface area contributed by atoms with E-state index in [1.807, 2.05) is 24.4 Å². The molecule has 0 aliphatic rings. The quantitative estimate of drug-likeness (QED) is 0.777. The Balaban J connectivity index is 2.06. The number of nitrogens with zero attached hydrogens (tertiary/aromatic N) is 2. The summed E-state index contributed by atoms with van der Waals surface area (Å²) < 4.78 is 12.8. The lowest BCUT2D eigenvalue weighted by molar-refractivity contribution is 0.196. The van der Waals surface area contributed by atoms with Crippen LogP contribution in [0.15, 0.2) is 30.6 Å². The molecule has 0 atom stereocenters. The third-order valence-corrected chi connectivity index (χ3v) is 3.11. The Kier molecular flexibility index (Phi) is 5.45. The maximum Gasteiger partial charge on any atom is 0.163 e. The fourth-order valence-electron chi connectivity index (χ4n) is 2.03. The van der Waals surface area contributed by atoms with Crippen LogP contribution < -0.4 is 14.8 Å². The Morgan fingerprint density at radius 2 is 2.19 bits per heavy atom. The van der Waals surface area contributed by atoms with Gasteiger partial charge in [0.05, 0.1) is 20.3 Å². The van der Waals surface area contributed by atoms with E-state index in [4.69, 9.17) is 14.6 Å². The van der Waals surface area contributed by atoms with E-state index in [0.29, 0.717) is 18.0 Å². The number of anilines is 1. The molecular weight excluding hydrogens is 270 g/mol. The Labute approximate surface area is 124 Å². The minimum absolute atomic E-state index is 0.0330. The number of hydrogen-bond acceptors (Lipinski definition) is 5. The van der Waals surface area contributed by atoms with E-state index in [2.05, 4.69) is 21.8 Å². The zero-order valence-corrected chi connectivity index (χ0v) is 12.4. The zero-order valence-electron chi connectivity index (χ0n) is 12.4. The molecule has 114 valence electrons. The van der Waals surface area contributed by atoms with E-state index in [-0.39, 0.29) is 13.2 Å². The second-order valence-corrected chi connectivity index (χ2v) is 4.42. The smallest absolute Gasteiger partial charge is 0.163 e. The number of benzene rings is 1. The molecule has 0 amide bonds. The van der Waals surface area contributed by atoms with Crippen LogP contribution in [0.25, 0.3) is 0 Å². The van der Waals surface area contributed by atoms with E-state index in [1.165, 1.54) is 0 Å². The number of aliphatic hydroxyl groups excluding tert-OH is 1. The normalized spacial score (nSPS) is 10.4. The van der Waals surface area contributed by atoms with Gasteiger partial charge in [-0.15, -0.1) is 0 Å². The summed E-state index contributed by atoms with van der Waals surface area (Å²) in [6.45, 7) is 3.81. The van der Waals surface area contributed by atoms with Crippen molar-refractivity contribution in [1.82, 2.24) is 9.55 Å². The topological polar surface area (TPSA) is 68.5 Å². The van der Waals surface area contributed by atoms with Crippen molar-refractivity contribution in [2.75, 3.05) is 25.6 Å². The fourth-order valence-corrected chi connectivity index (χ4v) is 2.03. The standard InChI is InChI=1S/C15H21N3O3/c1-3-18-7-6-16-15(18)11-17-12-4-5-13(20-2)14(10-12)21-9-8-19/h4-7,10,17,19H,3,8-9,11H2,1-2H3. The van der Waals surface area contributed by atoms with Gasteiger partial charge in [0.1, 0.15) is 12.4 Å². The molecule has 1 heterocycles. The number of rotatable bonds is 8. The Hall–Kier alpha value is -2.21. The van der Waals surface area contributed by atoms with Gasteiger partial charge in [-0.1, -0.05) is 0 Å². The number of hydrogen-bond donors (Lipinski definition) is 2. The summed E-state index contributed by atoms with van der Waals surface area (Å²) in [5, 5.41) is 12.2. The minimum atomic E-state index is -0.0330. The summed E-state index contributed by atoms with van der Waals surface area (Å²) in [7, 11) is 1.59. The number of ether oxygens (including phenoxy) is 2. The molecule has 0 saturated heterocycles. The molecule has 1 aromatic heterocycles. The first-order valence-electron chi connectivity index (χ1n) is 6.94. The first kappa shape index (κ1) is 15.2. The molecule has 21 heavy (non-hydrogen) atoms. The van der Waals surface area contributed by atoms with Gasteiger partial charge < -0.3 is 24.5 Å². The van der Waals surface area contributed by atoms with Gasteiger partial charge in [-0.25, -0.2) is 4.98 Å². The van der Waals surface area contributed by atoms with Crippen molar-refractivity contribution in [2.45, 2.75) is 20.0 Å². The second kappa shape index (κ2) is 7.54. The van der Waals surface area contributed by atoms with E-state index >= 15 is 0 Å². The molecule has 2 N–H and O–H groups in total. The molecule has 0 saturated carbocycles. The maximum atomic E-state index is 8.85. The highest BCUT2D eigenvalue weighted by Crippen LogP contribution is 2.30. The van der Waals surface area contributed by atoms with Gasteiger partial charge in [0, 0.05) is 30.7 Å². The number of methoxy groups -OCH3 is 1. The summed E-state index contributed by atoms with van der Waals surface area (Å²) >= 11 is 0. The third-order valence-electron chi connectivity index (χ3n) is 3.11. The Bertz CT molecular complexity index is 569. The van der Waals surface area contributed by atoms with E-state index < -0.39 is 0 Å². The molecule has 0 spiro atoms. The molecular formula is C15H21N3O3. The SMILES string of the molecule is CCn1ccnc1CNc1ccc(OC)c(OCCO)c1. The molecule has 2 rings (SSSR count). The third kappa shape index (κ3) is 3.88. The largest absolute Gasteiger partial charge is 0.493 e. The monoisotopic (exact) mass is 291 g/mol. The van der Waals surface area contributed by atoms with E-state index in [9.17, 15) is 0 Å².